The maximum Gasteiger partial charge on any atom is 0.0461 e. The third-order valence-corrected chi connectivity index (χ3v) is 5.99. The van der Waals surface area contributed by atoms with Crippen molar-refractivity contribution in [2.24, 2.45) is 0 Å². The third kappa shape index (κ3) is 4.55. The van der Waals surface area contributed by atoms with E-state index in [9.17, 15) is 0 Å². The molecule has 0 radical (unpaired) electrons. The van der Waals surface area contributed by atoms with E-state index in [1.165, 1.54) is 16.7 Å². The fraction of sp³-hybridized carbons (Fsp3) is 0.143. The zero-order valence-electron chi connectivity index (χ0n) is 13.6. The molecule has 0 spiro atoms. The molecule has 25 heavy (non-hydrogen) atoms. The van der Waals surface area contributed by atoms with Gasteiger partial charge in [-0.25, -0.2) is 0 Å². The number of nitrogens with zero attached hydrogens (tertiary/aromatic N) is 1. The van der Waals surface area contributed by atoms with Gasteiger partial charge in [0.15, 0.2) is 0 Å². The molecule has 0 unspecified atom stereocenters. The fourth-order valence-corrected chi connectivity index (χ4v) is 3.77. The minimum absolute atomic E-state index is 0.868. The maximum absolute atomic E-state index is 3.52. The van der Waals surface area contributed by atoms with Gasteiger partial charge in [0.1, 0.15) is 0 Å². The molecule has 0 aliphatic heterocycles. The van der Waals surface area contributed by atoms with Crippen LogP contribution >= 0.6 is 47.8 Å². The normalized spacial score (nSPS) is 10.7. The molecule has 3 aromatic rings. The largest absolute Gasteiger partial charge is 0.311 e. The van der Waals surface area contributed by atoms with Crippen LogP contribution in [0.3, 0.4) is 0 Å². The summed E-state index contributed by atoms with van der Waals surface area (Å²) in [5.74, 6) is 0. The second kappa shape index (κ2) is 9.02. The highest BCUT2D eigenvalue weighted by Crippen LogP contribution is 2.35. The zero-order valence-corrected chi connectivity index (χ0v) is 18.4. The van der Waals surface area contributed by atoms with Crippen LogP contribution in [0.4, 0.5) is 17.1 Å². The molecule has 0 atom stereocenters. The minimum atomic E-state index is 0.868. The van der Waals surface area contributed by atoms with E-state index in [4.69, 9.17) is 0 Å². The van der Waals surface area contributed by atoms with Gasteiger partial charge in [-0.3, -0.25) is 0 Å². The Bertz CT molecular complexity index is 683. The summed E-state index contributed by atoms with van der Waals surface area (Å²) in [6.45, 7) is 0. The van der Waals surface area contributed by atoms with Crippen LogP contribution in [0.25, 0.3) is 0 Å². The lowest BCUT2D eigenvalue weighted by Crippen LogP contribution is -2.10. The van der Waals surface area contributed by atoms with Gasteiger partial charge in [0, 0.05) is 33.1 Å². The van der Waals surface area contributed by atoms with Crippen LogP contribution in [-0.2, 0) is 16.0 Å². The van der Waals surface area contributed by atoms with Crippen LogP contribution in [0.15, 0.2) is 72.8 Å². The average molecular weight is 524 g/mol. The van der Waals surface area contributed by atoms with Gasteiger partial charge >= 0.3 is 0 Å². The van der Waals surface area contributed by atoms with E-state index in [2.05, 4.69) is 125 Å². The van der Waals surface area contributed by atoms with Crippen molar-refractivity contribution in [2.45, 2.75) is 16.0 Å². The molecule has 0 aromatic heterocycles. The monoisotopic (exact) mass is 521 g/mol. The molecule has 0 aliphatic carbocycles. The van der Waals surface area contributed by atoms with Crippen molar-refractivity contribution in [2.75, 3.05) is 4.90 Å². The summed E-state index contributed by atoms with van der Waals surface area (Å²) in [6, 6.07) is 26.0. The minimum Gasteiger partial charge on any atom is -0.311 e. The number of benzene rings is 3. The Kier molecular flexibility index (Phi) is 6.74. The van der Waals surface area contributed by atoms with Crippen LogP contribution in [-0.4, -0.2) is 0 Å². The van der Waals surface area contributed by atoms with Gasteiger partial charge in [0.05, 0.1) is 0 Å². The molecule has 0 bridgehead atoms. The summed E-state index contributed by atoms with van der Waals surface area (Å²) in [7, 11) is 0. The van der Waals surface area contributed by atoms with E-state index < -0.39 is 0 Å². The van der Waals surface area contributed by atoms with E-state index >= 15 is 0 Å². The second-order valence-electron chi connectivity index (χ2n) is 5.74. The Balaban J connectivity index is 2.04. The fourth-order valence-electron chi connectivity index (χ4n) is 2.65. The Morgan fingerprint density at radius 3 is 0.880 bits per heavy atom. The first-order valence-corrected chi connectivity index (χ1v) is 11.4. The van der Waals surface area contributed by atoms with Gasteiger partial charge in [0.25, 0.3) is 0 Å². The number of hydrogen-bond donors (Lipinski definition) is 0. The first kappa shape index (κ1) is 18.7. The number of halogens is 3. The van der Waals surface area contributed by atoms with Crippen molar-refractivity contribution in [3.05, 3.63) is 89.5 Å². The lowest BCUT2D eigenvalue weighted by molar-refractivity contribution is 1.26. The molecule has 0 heterocycles. The topological polar surface area (TPSA) is 3.24 Å². The lowest BCUT2D eigenvalue weighted by Gasteiger charge is -2.26. The van der Waals surface area contributed by atoms with Gasteiger partial charge in [0.2, 0.25) is 0 Å². The van der Waals surface area contributed by atoms with Crippen molar-refractivity contribution in [1.29, 1.82) is 0 Å². The first-order valence-electron chi connectivity index (χ1n) is 8.00. The van der Waals surface area contributed by atoms with E-state index in [0.717, 1.165) is 33.1 Å². The number of rotatable bonds is 6. The molecule has 4 heteroatoms. The number of alkyl halides is 3. The quantitative estimate of drug-likeness (QED) is 0.297. The second-order valence-corrected chi connectivity index (χ2v) is 7.42. The number of anilines is 3. The van der Waals surface area contributed by atoms with Gasteiger partial charge in [-0.15, -0.1) is 0 Å². The molecule has 128 valence electrons. The standard InChI is InChI=1S/C21H18Br3N/c22-13-16-1-7-19(8-2-16)25(20-9-3-17(14-23)4-10-20)21-11-5-18(15-24)6-12-21/h1-12H,13-15H2. The Labute approximate surface area is 174 Å². The predicted octanol–water partition coefficient (Wildman–Crippen LogP) is 7.84. The van der Waals surface area contributed by atoms with Gasteiger partial charge in [-0.2, -0.15) is 0 Å². The lowest BCUT2D eigenvalue weighted by atomic mass is 10.1. The predicted molar refractivity (Wildman–Crippen MR) is 119 cm³/mol. The van der Waals surface area contributed by atoms with Gasteiger partial charge in [-0.1, -0.05) is 84.2 Å². The van der Waals surface area contributed by atoms with E-state index in [1.54, 1.807) is 0 Å². The van der Waals surface area contributed by atoms with Gasteiger partial charge < -0.3 is 4.90 Å². The molecular weight excluding hydrogens is 506 g/mol. The Hall–Kier alpha value is -1.10. The smallest absolute Gasteiger partial charge is 0.0461 e. The molecule has 1 nitrogen and oxygen atoms in total. The molecule has 3 aromatic carbocycles. The molecule has 0 fully saturated rings. The Morgan fingerprint density at radius 1 is 0.440 bits per heavy atom. The summed E-state index contributed by atoms with van der Waals surface area (Å²) in [5, 5.41) is 2.60. The van der Waals surface area contributed by atoms with Crippen molar-refractivity contribution in [1.82, 2.24) is 0 Å². The highest BCUT2D eigenvalue weighted by Gasteiger charge is 2.12. The maximum atomic E-state index is 3.52. The van der Waals surface area contributed by atoms with Crippen molar-refractivity contribution in [3.8, 4) is 0 Å². The molecule has 0 N–H and O–H groups in total. The molecule has 0 saturated heterocycles. The summed E-state index contributed by atoms with van der Waals surface area (Å²) in [6.07, 6.45) is 0. The Morgan fingerprint density at radius 2 is 0.680 bits per heavy atom. The third-order valence-electron chi connectivity index (χ3n) is 4.05. The summed E-state index contributed by atoms with van der Waals surface area (Å²) in [4.78, 5) is 2.29. The summed E-state index contributed by atoms with van der Waals surface area (Å²) >= 11 is 10.6. The van der Waals surface area contributed by atoms with Crippen LogP contribution in [0.5, 0.6) is 0 Å². The van der Waals surface area contributed by atoms with Crippen LogP contribution in [0, 0.1) is 0 Å². The zero-order chi connectivity index (χ0) is 17.6. The highest BCUT2D eigenvalue weighted by atomic mass is 79.9. The van der Waals surface area contributed by atoms with E-state index in [-0.39, 0.29) is 0 Å². The molecule has 0 amide bonds. The van der Waals surface area contributed by atoms with Crippen molar-refractivity contribution >= 4 is 64.9 Å². The first-order chi connectivity index (χ1) is 12.2. The van der Waals surface area contributed by atoms with Crippen LogP contribution in [0.2, 0.25) is 0 Å². The van der Waals surface area contributed by atoms with E-state index in [1.807, 2.05) is 0 Å². The SMILES string of the molecule is BrCc1ccc(N(c2ccc(CBr)cc2)c2ccc(CBr)cc2)cc1. The van der Waals surface area contributed by atoms with Crippen LogP contribution < -0.4 is 4.90 Å². The number of hydrogen-bond acceptors (Lipinski definition) is 1. The van der Waals surface area contributed by atoms with Crippen LogP contribution in [0.1, 0.15) is 16.7 Å². The highest BCUT2D eigenvalue weighted by molar-refractivity contribution is 9.09. The van der Waals surface area contributed by atoms with E-state index in [0.29, 0.717) is 0 Å². The van der Waals surface area contributed by atoms with Crippen molar-refractivity contribution < 1.29 is 0 Å². The molecular formula is C21H18Br3N. The van der Waals surface area contributed by atoms with Crippen molar-refractivity contribution in [3.63, 3.8) is 0 Å². The summed E-state index contributed by atoms with van der Waals surface area (Å²) in [5.41, 5.74) is 7.28. The average Bonchev–Trinajstić information content (AvgIpc) is 2.70. The summed E-state index contributed by atoms with van der Waals surface area (Å²) < 4.78 is 0. The van der Waals surface area contributed by atoms with Gasteiger partial charge in [-0.05, 0) is 53.1 Å². The molecule has 3 rings (SSSR count). The molecule has 0 aliphatic rings. The molecule has 0 saturated carbocycles.